The molecule has 1 fully saturated rings. The van der Waals surface area contributed by atoms with Gasteiger partial charge in [0.25, 0.3) is 5.91 Å². The molecule has 3 aromatic heterocycles. The summed E-state index contributed by atoms with van der Waals surface area (Å²) in [6, 6.07) is 10.9. The van der Waals surface area contributed by atoms with Crippen LogP contribution in [0.25, 0.3) is 22.2 Å². The van der Waals surface area contributed by atoms with Gasteiger partial charge < -0.3 is 19.6 Å². The van der Waals surface area contributed by atoms with Crippen molar-refractivity contribution in [2.24, 2.45) is 5.92 Å². The lowest BCUT2D eigenvalue weighted by molar-refractivity contribution is 0.0943. The Bertz CT molecular complexity index is 1280. The molecule has 1 aromatic carbocycles. The lowest BCUT2D eigenvalue weighted by Crippen LogP contribution is -2.31. The largest absolute Gasteiger partial charge is 0.451 e. The number of aromatic nitrogens is 3. The van der Waals surface area contributed by atoms with Crippen LogP contribution in [0.1, 0.15) is 47.9 Å². The van der Waals surface area contributed by atoms with Crippen molar-refractivity contribution < 1.29 is 9.21 Å². The summed E-state index contributed by atoms with van der Waals surface area (Å²) < 4.78 is 4.89. The maximum atomic E-state index is 12.1. The van der Waals surface area contributed by atoms with Gasteiger partial charge in [0, 0.05) is 53.7 Å². The molecule has 7 nitrogen and oxygen atoms in total. The molecule has 1 saturated heterocycles. The highest BCUT2D eigenvalue weighted by Gasteiger charge is 2.25. The summed E-state index contributed by atoms with van der Waals surface area (Å²) in [6.45, 7) is 9.05. The first-order chi connectivity index (χ1) is 16.0. The predicted molar refractivity (Wildman–Crippen MR) is 130 cm³/mol. The maximum absolute atomic E-state index is 12.1. The Morgan fingerprint density at radius 3 is 2.91 bits per heavy atom. The summed E-state index contributed by atoms with van der Waals surface area (Å²) in [4.78, 5) is 26.5. The molecule has 33 heavy (non-hydrogen) atoms. The standard InChI is InChI=1S/C26H29N5O2/c1-16(2)24-21-11-20(4-5-22(21)30-25(24)19-6-8-27-17(3)10-19)31-9-7-18(13-31)12-28-26(32)23-14-33-15-29-23/h4-6,8,10-11,14-16,18,30H,7,9,12-13H2,1-3H3,(H,28,32). The number of fused-ring (bicyclic) bond motifs is 1. The minimum absolute atomic E-state index is 0.184. The predicted octanol–water partition coefficient (Wildman–Crippen LogP) is 4.91. The number of rotatable bonds is 6. The Morgan fingerprint density at radius 1 is 1.27 bits per heavy atom. The Morgan fingerprint density at radius 2 is 2.15 bits per heavy atom. The summed E-state index contributed by atoms with van der Waals surface area (Å²) >= 11 is 0. The van der Waals surface area contributed by atoms with Crippen LogP contribution >= 0.6 is 0 Å². The van der Waals surface area contributed by atoms with Gasteiger partial charge in [-0.05, 0) is 61.1 Å². The van der Waals surface area contributed by atoms with Crippen LogP contribution in [-0.2, 0) is 0 Å². The molecule has 0 saturated carbocycles. The van der Waals surface area contributed by atoms with Crippen molar-refractivity contribution in [1.29, 1.82) is 0 Å². The van der Waals surface area contributed by atoms with Crippen LogP contribution in [0.5, 0.6) is 0 Å². The molecular formula is C26H29N5O2. The van der Waals surface area contributed by atoms with Crippen molar-refractivity contribution in [2.45, 2.75) is 33.1 Å². The highest BCUT2D eigenvalue weighted by molar-refractivity contribution is 5.94. The number of carbonyl (C=O) groups excluding carboxylic acids is 1. The van der Waals surface area contributed by atoms with E-state index in [1.165, 1.54) is 40.6 Å². The second-order valence-corrected chi connectivity index (χ2v) is 9.17. The number of oxazole rings is 1. The van der Waals surface area contributed by atoms with E-state index in [1.807, 2.05) is 13.1 Å². The third-order valence-electron chi connectivity index (χ3n) is 6.45. The fraction of sp³-hybridized carbons (Fsp3) is 0.346. The molecule has 1 aliphatic rings. The molecule has 1 atom stereocenters. The molecule has 1 aliphatic heterocycles. The van der Waals surface area contributed by atoms with Crippen LogP contribution in [0.2, 0.25) is 0 Å². The van der Waals surface area contributed by atoms with E-state index < -0.39 is 0 Å². The van der Waals surface area contributed by atoms with Crippen LogP contribution in [-0.4, -0.2) is 40.5 Å². The number of carbonyl (C=O) groups is 1. The molecule has 0 aliphatic carbocycles. The average Bonchev–Trinajstić information content (AvgIpc) is 3.56. The van der Waals surface area contributed by atoms with E-state index in [2.05, 4.69) is 69.3 Å². The highest BCUT2D eigenvalue weighted by atomic mass is 16.3. The molecule has 4 aromatic rings. The molecular weight excluding hydrogens is 414 g/mol. The number of nitrogens with one attached hydrogen (secondary N) is 2. The van der Waals surface area contributed by atoms with Crippen molar-refractivity contribution in [3.63, 3.8) is 0 Å². The summed E-state index contributed by atoms with van der Waals surface area (Å²) in [5.74, 6) is 0.606. The van der Waals surface area contributed by atoms with E-state index >= 15 is 0 Å². The molecule has 5 rings (SSSR count). The zero-order valence-corrected chi connectivity index (χ0v) is 19.3. The van der Waals surface area contributed by atoms with E-state index in [0.717, 1.165) is 30.7 Å². The lowest BCUT2D eigenvalue weighted by atomic mass is 9.96. The normalized spacial score (nSPS) is 16.1. The summed E-state index contributed by atoms with van der Waals surface area (Å²) in [6.07, 6.45) is 5.56. The zero-order chi connectivity index (χ0) is 22.9. The van der Waals surface area contributed by atoms with Gasteiger partial charge in [-0.25, -0.2) is 4.98 Å². The number of hydrogen-bond acceptors (Lipinski definition) is 5. The first-order valence-electron chi connectivity index (χ1n) is 11.5. The first kappa shape index (κ1) is 21.2. The third-order valence-corrected chi connectivity index (χ3v) is 6.45. The molecule has 0 radical (unpaired) electrons. The van der Waals surface area contributed by atoms with Crippen molar-refractivity contribution in [3.05, 3.63) is 66.1 Å². The minimum atomic E-state index is -0.184. The number of nitrogens with zero attached hydrogens (tertiary/aromatic N) is 3. The number of aryl methyl sites for hydroxylation is 1. The van der Waals surface area contributed by atoms with E-state index in [9.17, 15) is 4.79 Å². The molecule has 0 spiro atoms. The monoisotopic (exact) mass is 443 g/mol. The first-order valence-corrected chi connectivity index (χ1v) is 11.5. The summed E-state index contributed by atoms with van der Waals surface area (Å²) in [7, 11) is 0. The van der Waals surface area contributed by atoms with Gasteiger partial charge in [0.1, 0.15) is 6.26 Å². The van der Waals surface area contributed by atoms with Gasteiger partial charge >= 0.3 is 0 Å². The van der Waals surface area contributed by atoms with Gasteiger partial charge in [-0.15, -0.1) is 0 Å². The molecule has 0 bridgehead atoms. The maximum Gasteiger partial charge on any atom is 0.273 e. The van der Waals surface area contributed by atoms with E-state index in [1.54, 1.807) is 0 Å². The number of H-pyrrole nitrogens is 1. The number of hydrogen-bond donors (Lipinski definition) is 2. The third kappa shape index (κ3) is 4.23. The number of pyridine rings is 1. The second-order valence-electron chi connectivity index (χ2n) is 9.17. The average molecular weight is 444 g/mol. The number of aromatic amines is 1. The smallest absolute Gasteiger partial charge is 0.273 e. The second kappa shape index (κ2) is 8.73. The van der Waals surface area contributed by atoms with Crippen molar-refractivity contribution in [1.82, 2.24) is 20.3 Å². The highest BCUT2D eigenvalue weighted by Crippen LogP contribution is 2.38. The van der Waals surface area contributed by atoms with E-state index in [0.29, 0.717) is 24.1 Å². The van der Waals surface area contributed by atoms with Gasteiger partial charge in [-0.1, -0.05) is 13.8 Å². The molecule has 7 heteroatoms. The molecule has 2 N–H and O–H groups in total. The Hall–Kier alpha value is -3.61. The zero-order valence-electron chi connectivity index (χ0n) is 19.3. The SMILES string of the molecule is Cc1cc(-c2[nH]c3ccc(N4CCC(CNC(=O)c5cocn5)C4)cc3c2C(C)C)ccn1. The number of amides is 1. The van der Waals surface area contributed by atoms with E-state index in [-0.39, 0.29) is 5.91 Å². The van der Waals surface area contributed by atoms with Gasteiger partial charge in [0.2, 0.25) is 0 Å². The van der Waals surface area contributed by atoms with Gasteiger partial charge in [-0.2, -0.15) is 0 Å². The van der Waals surface area contributed by atoms with Gasteiger partial charge in [0.05, 0.1) is 5.69 Å². The van der Waals surface area contributed by atoms with Crippen LogP contribution < -0.4 is 10.2 Å². The fourth-order valence-corrected chi connectivity index (χ4v) is 4.81. The number of anilines is 1. The Labute approximate surface area is 193 Å². The summed E-state index contributed by atoms with van der Waals surface area (Å²) in [5.41, 5.74) is 7.41. The Balaban J connectivity index is 1.36. The van der Waals surface area contributed by atoms with E-state index in [4.69, 9.17) is 4.42 Å². The quantitative estimate of drug-likeness (QED) is 0.442. The van der Waals surface area contributed by atoms with Crippen molar-refractivity contribution >= 4 is 22.5 Å². The van der Waals surface area contributed by atoms with Gasteiger partial charge in [-0.3, -0.25) is 9.78 Å². The van der Waals surface area contributed by atoms with Crippen molar-refractivity contribution in [3.8, 4) is 11.3 Å². The number of benzene rings is 1. The van der Waals surface area contributed by atoms with Crippen LogP contribution in [0.4, 0.5) is 5.69 Å². The molecule has 1 amide bonds. The molecule has 170 valence electrons. The van der Waals surface area contributed by atoms with Crippen LogP contribution in [0, 0.1) is 12.8 Å². The molecule has 4 heterocycles. The summed E-state index contributed by atoms with van der Waals surface area (Å²) in [5, 5.41) is 4.25. The topological polar surface area (TPSA) is 87.0 Å². The molecule has 1 unspecified atom stereocenters. The van der Waals surface area contributed by atoms with Crippen LogP contribution in [0.15, 0.2) is 53.6 Å². The Kier molecular flexibility index (Phi) is 5.62. The van der Waals surface area contributed by atoms with Gasteiger partial charge in [0.15, 0.2) is 12.1 Å². The minimum Gasteiger partial charge on any atom is -0.451 e. The fourth-order valence-electron chi connectivity index (χ4n) is 4.81. The van der Waals surface area contributed by atoms with Crippen LogP contribution in [0.3, 0.4) is 0 Å². The lowest BCUT2D eigenvalue weighted by Gasteiger charge is -2.19. The van der Waals surface area contributed by atoms with Crippen molar-refractivity contribution in [2.75, 3.05) is 24.5 Å².